The van der Waals surface area contributed by atoms with E-state index in [1.54, 1.807) is 0 Å². The predicted octanol–water partition coefficient (Wildman–Crippen LogP) is 8.44. The zero-order valence-electron chi connectivity index (χ0n) is 21.6. The van der Waals surface area contributed by atoms with Crippen LogP contribution >= 0.6 is 23.4 Å². The summed E-state index contributed by atoms with van der Waals surface area (Å²) >= 11 is 7.17. The summed E-state index contributed by atoms with van der Waals surface area (Å²) in [6.45, 7) is 12.5. The number of carbonyl (C=O) groups excluding carboxylic acids is 3. The first-order valence-corrected chi connectivity index (χ1v) is 13.7. The lowest BCUT2D eigenvalue weighted by Gasteiger charge is -2.23. The molecule has 0 unspecified atom stereocenters. The van der Waals surface area contributed by atoms with Crippen molar-refractivity contribution in [3.8, 4) is 0 Å². The summed E-state index contributed by atoms with van der Waals surface area (Å²) in [5, 5.41) is 0.0288. The van der Waals surface area contributed by atoms with Crippen molar-refractivity contribution in [1.29, 1.82) is 0 Å². The quantitative estimate of drug-likeness (QED) is 0.234. The zero-order chi connectivity index (χ0) is 25.8. The summed E-state index contributed by atoms with van der Waals surface area (Å²) in [6, 6.07) is 2.47. The fourth-order valence-corrected chi connectivity index (χ4v) is 4.64. The van der Waals surface area contributed by atoms with Crippen LogP contribution in [0.15, 0.2) is 17.0 Å². The van der Waals surface area contributed by atoms with E-state index in [-0.39, 0.29) is 28.7 Å². The van der Waals surface area contributed by atoms with E-state index >= 15 is 4.39 Å². The minimum atomic E-state index is -0.740. The molecule has 0 radical (unpaired) electrons. The minimum absolute atomic E-state index is 0.0711. The van der Waals surface area contributed by atoms with Gasteiger partial charge in [0.25, 0.3) is 0 Å². The smallest absolute Gasteiger partial charge is 0.233 e. The fraction of sp³-hybridized carbons (Fsp3) is 0.667. The van der Waals surface area contributed by atoms with Gasteiger partial charge in [-0.2, -0.15) is 0 Å². The molecule has 0 atom stereocenters. The molecule has 0 N–H and O–H groups in total. The SMILES string of the molecule is CC(C)CCCC(=O)Sc1cc(N(C(=O)CCCC(C)C)C(=O)CCCC(C)C)c(F)cc1Cl. The van der Waals surface area contributed by atoms with Crippen molar-refractivity contribution in [1.82, 2.24) is 0 Å². The van der Waals surface area contributed by atoms with Gasteiger partial charge in [-0.05, 0) is 49.1 Å². The molecule has 0 aromatic heterocycles. The van der Waals surface area contributed by atoms with Crippen LogP contribution in [-0.4, -0.2) is 16.9 Å². The summed E-state index contributed by atoms with van der Waals surface area (Å²) in [5.74, 6) is -0.210. The molecule has 0 heterocycles. The molecule has 192 valence electrons. The number of hydrogen-bond donors (Lipinski definition) is 0. The molecule has 34 heavy (non-hydrogen) atoms. The highest BCUT2D eigenvalue weighted by Crippen LogP contribution is 2.35. The van der Waals surface area contributed by atoms with Gasteiger partial charge < -0.3 is 0 Å². The Morgan fingerprint density at radius 1 is 0.824 bits per heavy atom. The van der Waals surface area contributed by atoms with E-state index in [0.29, 0.717) is 41.9 Å². The third kappa shape index (κ3) is 11.4. The highest BCUT2D eigenvalue weighted by Gasteiger charge is 2.27. The Morgan fingerprint density at radius 3 is 1.71 bits per heavy atom. The zero-order valence-corrected chi connectivity index (χ0v) is 23.2. The Hall–Kier alpha value is -1.40. The third-order valence-corrected chi connectivity index (χ3v) is 6.89. The summed E-state index contributed by atoms with van der Waals surface area (Å²) in [7, 11) is 0. The normalized spacial score (nSPS) is 11.5. The first-order valence-electron chi connectivity index (χ1n) is 12.5. The number of benzene rings is 1. The Kier molecular flexibility index (Phi) is 14.0. The Morgan fingerprint density at radius 2 is 1.26 bits per heavy atom. The molecule has 0 spiro atoms. The molecule has 0 saturated heterocycles. The van der Waals surface area contributed by atoms with Crippen molar-refractivity contribution in [2.45, 2.75) is 104 Å². The van der Waals surface area contributed by atoms with Crippen LogP contribution in [0.3, 0.4) is 0 Å². The number of nitrogens with zero attached hydrogens (tertiary/aromatic N) is 1. The maximum atomic E-state index is 15.0. The second-order valence-electron chi connectivity index (χ2n) is 10.2. The molecule has 4 nitrogen and oxygen atoms in total. The summed E-state index contributed by atoms with van der Waals surface area (Å²) < 4.78 is 15.0. The number of thioether (sulfide) groups is 1. The van der Waals surface area contributed by atoms with Crippen molar-refractivity contribution in [3.63, 3.8) is 0 Å². The molecular formula is C27H41ClFNO3S. The van der Waals surface area contributed by atoms with Gasteiger partial charge in [-0.1, -0.05) is 84.2 Å². The van der Waals surface area contributed by atoms with Crippen LogP contribution in [-0.2, 0) is 14.4 Å². The van der Waals surface area contributed by atoms with Gasteiger partial charge in [-0.3, -0.25) is 14.4 Å². The second-order valence-corrected chi connectivity index (χ2v) is 11.7. The maximum absolute atomic E-state index is 15.0. The molecule has 1 aromatic carbocycles. The molecule has 1 aromatic rings. The van der Waals surface area contributed by atoms with Gasteiger partial charge in [0.2, 0.25) is 11.8 Å². The van der Waals surface area contributed by atoms with E-state index in [1.165, 1.54) is 6.07 Å². The van der Waals surface area contributed by atoms with Crippen LogP contribution in [0.1, 0.15) is 99.3 Å². The van der Waals surface area contributed by atoms with E-state index in [9.17, 15) is 14.4 Å². The fourth-order valence-electron chi connectivity index (χ4n) is 3.55. The second kappa shape index (κ2) is 15.6. The summed E-state index contributed by atoms with van der Waals surface area (Å²) in [5.41, 5.74) is -0.119. The molecule has 0 aliphatic rings. The molecule has 0 saturated carbocycles. The van der Waals surface area contributed by atoms with E-state index in [0.717, 1.165) is 48.4 Å². The van der Waals surface area contributed by atoms with Crippen molar-refractivity contribution < 1.29 is 18.8 Å². The molecular weight excluding hydrogens is 473 g/mol. The highest BCUT2D eigenvalue weighted by atomic mass is 35.5. The number of carbonyl (C=O) groups is 3. The lowest BCUT2D eigenvalue weighted by atomic mass is 10.0. The van der Waals surface area contributed by atoms with Gasteiger partial charge in [0, 0.05) is 24.2 Å². The first-order chi connectivity index (χ1) is 15.9. The monoisotopic (exact) mass is 513 g/mol. The van der Waals surface area contributed by atoms with Crippen molar-refractivity contribution in [2.75, 3.05) is 4.90 Å². The Labute approximate surface area is 214 Å². The number of halogens is 2. The molecule has 2 amide bonds. The Bertz CT molecular complexity index is 800. The predicted molar refractivity (Wildman–Crippen MR) is 141 cm³/mol. The minimum Gasteiger partial charge on any atom is -0.287 e. The van der Waals surface area contributed by atoms with Crippen molar-refractivity contribution in [2.24, 2.45) is 17.8 Å². The van der Waals surface area contributed by atoms with E-state index in [2.05, 4.69) is 41.5 Å². The molecule has 0 bridgehead atoms. The van der Waals surface area contributed by atoms with Gasteiger partial charge in [0.15, 0.2) is 5.12 Å². The van der Waals surface area contributed by atoms with Gasteiger partial charge >= 0.3 is 0 Å². The van der Waals surface area contributed by atoms with E-state index in [4.69, 9.17) is 11.6 Å². The van der Waals surface area contributed by atoms with Gasteiger partial charge in [0.1, 0.15) is 5.82 Å². The molecule has 0 fully saturated rings. The van der Waals surface area contributed by atoms with Gasteiger partial charge in [-0.15, -0.1) is 0 Å². The van der Waals surface area contributed by atoms with Crippen LogP contribution in [0, 0.1) is 23.6 Å². The molecule has 0 aliphatic heterocycles. The van der Waals surface area contributed by atoms with E-state index in [1.807, 2.05) is 0 Å². The maximum Gasteiger partial charge on any atom is 0.233 e. The average Bonchev–Trinajstić information content (AvgIpc) is 2.70. The average molecular weight is 514 g/mol. The Balaban J connectivity index is 3.14. The topological polar surface area (TPSA) is 54.5 Å². The van der Waals surface area contributed by atoms with E-state index < -0.39 is 17.6 Å². The van der Waals surface area contributed by atoms with Crippen LogP contribution in [0.25, 0.3) is 0 Å². The van der Waals surface area contributed by atoms with Crippen molar-refractivity contribution in [3.05, 3.63) is 23.0 Å². The third-order valence-electron chi connectivity index (χ3n) is 5.47. The summed E-state index contributed by atoms with van der Waals surface area (Å²) in [6.07, 6.45) is 5.35. The van der Waals surface area contributed by atoms with Crippen LogP contribution in [0.2, 0.25) is 5.02 Å². The standard InChI is InChI=1S/C27H41ClFNO3S/c1-18(2)10-7-13-25(31)30(26(32)14-8-11-19(3)4)23-17-24(21(28)16-22(23)29)34-27(33)15-9-12-20(5)6/h16-20H,7-15H2,1-6H3. The number of amides is 2. The number of rotatable bonds is 14. The van der Waals surface area contributed by atoms with Crippen LogP contribution in [0.4, 0.5) is 10.1 Å². The van der Waals surface area contributed by atoms with Crippen LogP contribution in [0.5, 0.6) is 0 Å². The molecule has 1 rings (SSSR count). The number of imide groups is 1. The molecule has 0 aliphatic carbocycles. The first kappa shape index (κ1) is 30.6. The highest BCUT2D eigenvalue weighted by molar-refractivity contribution is 8.13. The molecule has 7 heteroatoms. The van der Waals surface area contributed by atoms with Crippen LogP contribution < -0.4 is 4.90 Å². The number of anilines is 1. The lowest BCUT2D eigenvalue weighted by molar-refractivity contribution is -0.126. The summed E-state index contributed by atoms with van der Waals surface area (Å²) in [4.78, 5) is 39.9. The van der Waals surface area contributed by atoms with Gasteiger partial charge in [0.05, 0.1) is 10.7 Å². The van der Waals surface area contributed by atoms with Crippen molar-refractivity contribution >= 4 is 46.0 Å². The largest absolute Gasteiger partial charge is 0.287 e. The lowest BCUT2D eigenvalue weighted by Crippen LogP contribution is -2.37. The number of hydrogen-bond acceptors (Lipinski definition) is 4. The van der Waals surface area contributed by atoms with Gasteiger partial charge in [-0.25, -0.2) is 9.29 Å².